The Bertz CT molecular complexity index is 477. The van der Waals surface area contributed by atoms with Crippen LogP contribution in [0.15, 0.2) is 18.2 Å². The Morgan fingerprint density at radius 1 is 1.37 bits per heavy atom. The molecule has 1 amide bonds. The van der Waals surface area contributed by atoms with Crippen molar-refractivity contribution in [2.45, 2.75) is 32.2 Å². The molecule has 1 aromatic rings. The van der Waals surface area contributed by atoms with Gasteiger partial charge >= 0.3 is 5.97 Å². The lowest BCUT2D eigenvalue weighted by Gasteiger charge is -2.14. The smallest absolute Gasteiger partial charge is 0.326 e. The second-order valence-corrected chi connectivity index (χ2v) is 4.13. The van der Waals surface area contributed by atoms with Crippen LogP contribution in [0.3, 0.4) is 0 Å². The third-order valence-electron chi connectivity index (χ3n) is 2.62. The number of hydrogen-bond acceptors (Lipinski definition) is 2. The van der Waals surface area contributed by atoms with Crippen LogP contribution in [0, 0.1) is 11.6 Å². The van der Waals surface area contributed by atoms with E-state index in [1.54, 1.807) is 0 Å². The maximum absolute atomic E-state index is 13.3. The topological polar surface area (TPSA) is 66.4 Å². The SMILES string of the molecule is CCCC[C@H](NC(=O)c1cc(F)ccc1F)C(=O)O. The molecule has 0 bridgehead atoms. The lowest BCUT2D eigenvalue weighted by Crippen LogP contribution is -2.41. The third kappa shape index (κ3) is 4.31. The number of carbonyl (C=O) groups is 2. The summed E-state index contributed by atoms with van der Waals surface area (Å²) in [5.41, 5.74) is -0.497. The van der Waals surface area contributed by atoms with Gasteiger partial charge in [-0.1, -0.05) is 19.8 Å². The van der Waals surface area contributed by atoms with Gasteiger partial charge in [-0.25, -0.2) is 13.6 Å². The molecular formula is C13H15F2NO3. The molecule has 0 radical (unpaired) electrons. The Balaban J connectivity index is 2.81. The first-order valence-corrected chi connectivity index (χ1v) is 5.94. The van der Waals surface area contributed by atoms with Gasteiger partial charge in [-0.05, 0) is 24.6 Å². The molecule has 0 aromatic heterocycles. The first kappa shape index (κ1) is 15.1. The molecule has 0 spiro atoms. The lowest BCUT2D eigenvalue weighted by atomic mass is 10.1. The van der Waals surface area contributed by atoms with Gasteiger partial charge in [-0.15, -0.1) is 0 Å². The highest BCUT2D eigenvalue weighted by Crippen LogP contribution is 2.10. The number of halogens is 2. The number of carboxylic acid groups (broad SMARTS) is 1. The van der Waals surface area contributed by atoms with Gasteiger partial charge in [-0.2, -0.15) is 0 Å². The summed E-state index contributed by atoms with van der Waals surface area (Å²) in [4.78, 5) is 22.7. The molecule has 0 aliphatic carbocycles. The highest BCUT2D eigenvalue weighted by molar-refractivity contribution is 5.96. The molecule has 1 aromatic carbocycles. The number of carbonyl (C=O) groups excluding carboxylic acids is 1. The molecule has 1 rings (SSSR count). The van der Waals surface area contributed by atoms with E-state index in [4.69, 9.17) is 5.11 Å². The number of aliphatic carboxylic acids is 1. The number of unbranched alkanes of at least 4 members (excludes halogenated alkanes) is 1. The summed E-state index contributed by atoms with van der Waals surface area (Å²) in [6.07, 6.45) is 1.63. The van der Waals surface area contributed by atoms with Gasteiger partial charge in [0.05, 0.1) is 5.56 Å². The van der Waals surface area contributed by atoms with E-state index in [-0.39, 0.29) is 6.42 Å². The summed E-state index contributed by atoms with van der Waals surface area (Å²) in [6.45, 7) is 1.88. The minimum atomic E-state index is -1.20. The standard InChI is InChI=1S/C13H15F2NO3/c1-2-3-4-11(13(18)19)16-12(17)9-7-8(14)5-6-10(9)15/h5-7,11H,2-4H2,1H3,(H,16,17)(H,18,19)/t11-/m0/s1. The second kappa shape index (κ2) is 6.82. The number of benzene rings is 1. The monoisotopic (exact) mass is 271 g/mol. The zero-order valence-corrected chi connectivity index (χ0v) is 10.5. The summed E-state index contributed by atoms with van der Waals surface area (Å²) in [6, 6.07) is 1.35. The van der Waals surface area contributed by atoms with Gasteiger partial charge in [0.15, 0.2) is 0 Å². The molecule has 19 heavy (non-hydrogen) atoms. The number of hydrogen-bond donors (Lipinski definition) is 2. The van der Waals surface area contributed by atoms with Crippen LogP contribution in [0.25, 0.3) is 0 Å². The Morgan fingerprint density at radius 2 is 2.05 bits per heavy atom. The van der Waals surface area contributed by atoms with Crippen LogP contribution in [0.4, 0.5) is 8.78 Å². The van der Waals surface area contributed by atoms with Crippen molar-refractivity contribution in [3.63, 3.8) is 0 Å². The van der Waals surface area contributed by atoms with Crippen LogP contribution in [0.1, 0.15) is 36.5 Å². The zero-order valence-electron chi connectivity index (χ0n) is 10.5. The molecule has 0 aliphatic rings. The van der Waals surface area contributed by atoms with Gasteiger partial charge < -0.3 is 10.4 Å². The fourth-order valence-corrected chi connectivity index (χ4v) is 1.57. The quantitative estimate of drug-likeness (QED) is 0.834. The van der Waals surface area contributed by atoms with Crippen molar-refractivity contribution in [3.05, 3.63) is 35.4 Å². The van der Waals surface area contributed by atoms with Crippen molar-refractivity contribution in [3.8, 4) is 0 Å². The van der Waals surface area contributed by atoms with E-state index in [0.717, 1.165) is 24.6 Å². The van der Waals surface area contributed by atoms with E-state index in [9.17, 15) is 18.4 Å². The average Bonchev–Trinajstić information content (AvgIpc) is 2.36. The Labute approximate surface area is 109 Å². The van der Waals surface area contributed by atoms with Gasteiger partial charge in [0, 0.05) is 0 Å². The normalized spacial score (nSPS) is 11.9. The van der Waals surface area contributed by atoms with Crippen LogP contribution in [-0.2, 0) is 4.79 Å². The fourth-order valence-electron chi connectivity index (χ4n) is 1.57. The fraction of sp³-hybridized carbons (Fsp3) is 0.385. The third-order valence-corrected chi connectivity index (χ3v) is 2.62. The molecule has 0 aliphatic heterocycles. The van der Waals surface area contributed by atoms with Gasteiger partial charge in [0.1, 0.15) is 17.7 Å². The predicted octanol–water partition coefficient (Wildman–Crippen LogP) is 2.34. The Hall–Kier alpha value is -1.98. The summed E-state index contributed by atoms with van der Waals surface area (Å²) >= 11 is 0. The zero-order chi connectivity index (χ0) is 14.4. The maximum Gasteiger partial charge on any atom is 0.326 e. The minimum Gasteiger partial charge on any atom is -0.480 e. The lowest BCUT2D eigenvalue weighted by molar-refractivity contribution is -0.139. The summed E-state index contributed by atoms with van der Waals surface area (Å²) < 4.78 is 26.3. The van der Waals surface area contributed by atoms with E-state index in [1.807, 2.05) is 6.92 Å². The van der Waals surface area contributed by atoms with Gasteiger partial charge in [0.2, 0.25) is 0 Å². The molecule has 4 nitrogen and oxygen atoms in total. The van der Waals surface area contributed by atoms with Crippen LogP contribution in [-0.4, -0.2) is 23.0 Å². The van der Waals surface area contributed by atoms with Crippen LogP contribution in [0.2, 0.25) is 0 Å². The summed E-state index contributed by atoms with van der Waals surface area (Å²) in [7, 11) is 0. The van der Waals surface area contributed by atoms with E-state index in [0.29, 0.717) is 6.42 Å². The first-order chi connectivity index (χ1) is 8.95. The number of amides is 1. The van der Waals surface area contributed by atoms with Crippen molar-refractivity contribution in [1.29, 1.82) is 0 Å². The molecular weight excluding hydrogens is 256 g/mol. The average molecular weight is 271 g/mol. The molecule has 0 saturated carbocycles. The van der Waals surface area contributed by atoms with Crippen LogP contribution < -0.4 is 5.32 Å². The first-order valence-electron chi connectivity index (χ1n) is 5.94. The Morgan fingerprint density at radius 3 is 2.63 bits per heavy atom. The van der Waals surface area contributed by atoms with Gasteiger partial charge in [-0.3, -0.25) is 4.79 Å². The van der Waals surface area contributed by atoms with Crippen LogP contribution in [0.5, 0.6) is 0 Å². The van der Waals surface area contributed by atoms with Crippen molar-refractivity contribution >= 4 is 11.9 Å². The number of carboxylic acids is 1. The maximum atomic E-state index is 13.3. The molecule has 0 heterocycles. The highest BCUT2D eigenvalue weighted by Gasteiger charge is 2.21. The van der Waals surface area contributed by atoms with Gasteiger partial charge in [0.25, 0.3) is 5.91 Å². The highest BCUT2D eigenvalue weighted by atomic mass is 19.1. The van der Waals surface area contributed by atoms with E-state index in [1.165, 1.54) is 0 Å². The van der Waals surface area contributed by atoms with E-state index in [2.05, 4.69) is 5.32 Å². The Kier molecular flexibility index (Phi) is 5.41. The predicted molar refractivity (Wildman–Crippen MR) is 64.8 cm³/mol. The largest absolute Gasteiger partial charge is 0.480 e. The molecule has 6 heteroatoms. The molecule has 0 fully saturated rings. The number of rotatable bonds is 6. The number of nitrogens with one attached hydrogen (secondary N) is 1. The molecule has 2 N–H and O–H groups in total. The van der Waals surface area contributed by atoms with Crippen molar-refractivity contribution in [1.82, 2.24) is 5.32 Å². The molecule has 1 atom stereocenters. The van der Waals surface area contributed by atoms with Crippen molar-refractivity contribution < 1.29 is 23.5 Å². The second-order valence-electron chi connectivity index (χ2n) is 4.13. The van der Waals surface area contributed by atoms with Crippen molar-refractivity contribution in [2.75, 3.05) is 0 Å². The van der Waals surface area contributed by atoms with Crippen LogP contribution >= 0.6 is 0 Å². The molecule has 104 valence electrons. The van der Waals surface area contributed by atoms with Crippen molar-refractivity contribution in [2.24, 2.45) is 0 Å². The minimum absolute atomic E-state index is 0.245. The summed E-state index contributed by atoms with van der Waals surface area (Å²) in [5, 5.41) is 11.1. The van der Waals surface area contributed by atoms with E-state index < -0.39 is 35.1 Å². The summed E-state index contributed by atoms with van der Waals surface area (Å²) in [5.74, 6) is -3.77. The van der Waals surface area contributed by atoms with E-state index >= 15 is 0 Å². The molecule has 0 saturated heterocycles. The molecule has 0 unspecified atom stereocenters.